The molecule has 112 valence electrons. The smallest absolute Gasteiger partial charge is 0.0140 e. The van der Waals surface area contributed by atoms with E-state index in [4.69, 9.17) is 0 Å². The second-order valence-electron chi connectivity index (χ2n) is 5.76. The summed E-state index contributed by atoms with van der Waals surface area (Å²) in [5, 5.41) is 3.46. The van der Waals surface area contributed by atoms with Gasteiger partial charge in [0.2, 0.25) is 0 Å². The van der Waals surface area contributed by atoms with Crippen LogP contribution in [-0.4, -0.2) is 13.1 Å². The highest BCUT2D eigenvalue weighted by Gasteiger charge is 2.04. The molecule has 1 N–H and O–H groups in total. The molecule has 0 amide bonds. The Kier molecular flexibility index (Phi) is 8.29. The van der Waals surface area contributed by atoms with Gasteiger partial charge in [0, 0.05) is 6.54 Å². The molecule has 1 atom stereocenters. The van der Waals surface area contributed by atoms with Crippen molar-refractivity contribution in [3.63, 3.8) is 0 Å². The van der Waals surface area contributed by atoms with Crippen LogP contribution in [0.3, 0.4) is 0 Å². The van der Waals surface area contributed by atoms with Crippen LogP contribution < -0.4 is 5.32 Å². The molecule has 0 radical (unpaired) electrons. The number of hydrogen-bond acceptors (Lipinski definition) is 1. The van der Waals surface area contributed by atoms with E-state index in [0.717, 1.165) is 13.1 Å². The summed E-state index contributed by atoms with van der Waals surface area (Å²) >= 11 is 0. The lowest BCUT2D eigenvalue weighted by molar-refractivity contribution is 0.665. The van der Waals surface area contributed by atoms with E-state index in [1.54, 1.807) is 0 Å². The largest absolute Gasteiger partial charge is 0.313 e. The summed E-state index contributed by atoms with van der Waals surface area (Å²) < 4.78 is 0. The third-order valence-electron chi connectivity index (χ3n) is 3.92. The van der Waals surface area contributed by atoms with E-state index < -0.39 is 0 Å². The van der Waals surface area contributed by atoms with Crippen molar-refractivity contribution >= 4 is 5.57 Å². The summed E-state index contributed by atoms with van der Waals surface area (Å²) in [6, 6.07) is 9.10. The fourth-order valence-corrected chi connectivity index (χ4v) is 2.42. The van der Waals surface area contributed by atoms with E-state index in [1.165, 1.54) is 42.4 Å². The number of benzene rings is 1. The number of hydrogen-bond donors (Lipinski definition) is 1. The third kappa shape index (κ3) is 5.92. The Morgan fingerprint density at radius 1 is 1.15 bits per heavy atom. The predicted molar refractivity (Wildman–Crippen MR) is 91.2 cm³/mol. The highest BCUT2D eigenvalue weighted by molar-refractivity contribution is 5.64. The first-order valence-corrected chi connectivity index (χ1v) is 8.16. The molecule has 0 aliphatic carbocycles. The first-order valence-electron chi connectivity index (χ1n) is 8.16. The Labute approximate surface area is 125 Å². The lowest BCUT2D eigenvalue weighted by atomic mass is 9.94. The Morgan fingerprint density at radius 3 is 2.45 bits per heavy atom. The molecule has 0 saturated carbocycles. The molecule has 0 spiro atoms. The monoisotopic (exact) mass is 273 g/mol. The van der Waals surface area contributed by atoms with E-state index in [-0.39, 0.29) is 0 Å². The van der Waals surface area contributed by atoms with Gasteiger partial charge in [-0.3, -0.25) is 0 Å². The van der Waals surface area contributed by atoms with Crippen LogP contribution in [0.5, 0.6) is 0 Å². The molecule has 0 heterocycles. The van der Waals surface area contributed by atoms with Gasteiger partial charge in [0.05, 0.1) is 0 Å². The van der Waals surface area contributed by atoms with Gasteiger partial charge < -0.3 is 5.32 Å². The standard InChI is InChI=1S/C19H31N/c1-5-7-14-20-15-13-17(4)19-11-9-18(10-12-19)16(3)8-6-2/h9-13,16,20H,5-8,14-15H2,1-4H3. The molecule has 1 heteroatoms. The van der Waals surface area contributed by atoms with Crippen molar-refractivity contribution < 1.29 is 0 Å². The van der Waals surface area contributed by atoms with Crippen molar-refractivity contribution in [3.8, 4) is 0 Å². The van der Waals surface area contributed by atoms with Crippen LogP contribution >= 0.6 is 0 Å². The van der Waals surface area contributed by atoms with Gasteiger partial charge in [0.25, 0.3) is 0 Å². The highest BCUT2D eigenvalue weighted by atomic mass is 14.8. The van der Waals surface area contributed by atoms with Gasteiger partial charge in [0.15, 0.2) is 0 Å². The fraction of sp³-hybridized carbons (Fsp3) is 0.579. The van der Waals surface area contributed by atoms with E-state index in [9.17, 15) is 0 Å². The summed E-state index contributed by atoms with van der Waals surface area (Å²) in [5.74, 6) is 0.675. The summed E-state index contributed by atoms with van der Waals surface area (Å²) in [6.45, 7) is 11.1. The second kappa shape index (κ2) is 9.77. The second-order valence-corrected chi connectivity index (χ2v) is 5.76. The minimum Gasteiger partial charge on any atom is -0.313 e. The van der Waals surface area contributed by atoms with Crippen LogP contribution in [0, 0.1) is 0 Å². The summed E-state index contributed by atoms with van der Waals surface area (Å²) in [4.78, 5) is 0. The molecule has 1 aromatic carbocycles. The van der Waals surface area contributed by atoms with Gasteiger partial charge in [-0.1, -0.05) is 64.0 Å². The van der Waals surface area contributed by atoms with Gasteiger partial charge >= 0.3 is 0 Å². The molecule has 0 saturated heterocycles. The first kappa shape index (κ1) is 17.0. The SMILES string of the molecule is CCCCNCC=C(C)c1ccc(C(C)CCC)cc1. The maximum Gasteiger partial charge on any atom is 0.0140 e. The van der Waals surface area contributed by atoms with Crippen molar-refractivity contribution in [2.24, 2.45) is 0 Å². The van der Waals surface area contributed by atoms with E-state index in [1.807, 2.05) is 0 Å². The molecule has 1 nitrogen and oxygen atoms in total. The number of unbranched alkanes of at least 4 members (excludes halogenated alkanes) is 1. The molecule has 0 aliphatic heterocycles. The van der Waals surface area contributed by atoms with Crippen LogP contribution in [0.25, 0.3) is 5.57 Å². The van der Waals surface area contributed by atoms with Crippen LogP contribution in [-0.2, 0) is 0 Å². The molecule has 0 aliphatic rings. The third-order valence-corrected chi connectivity index (χ3v) is 3.92. The van der Waals surface area contributed by atoms with E-state index >= 15 is 0 Å². The zero-order chi connectivity index (χ0) is 14.8. The van der Waals surface area contributed by atoms with Crippen LogP contribution in [0.4, 0.5) is 0 Å². The molecular formula is C19H31N. The summed E-state index contributed by atoms with van der Waals surface area (Å²) in [5.41, 5.74) is 4.17. The zero-order valence-electron chi connectivity index (χ0n) is 13.7. The topological polar surface area (TPSA) is 12.0 Å². The maximum absolute atomic E-state index is 3.46. The Morgan fingerprint density at radius 2 is 1.85 bits per heavy atom. The number of allylic oxidation sites excluding steroid dienone is 1. The minimum atomic E-state index is 0.675. The lowest BCUT2D eigenvalue weighted by Gasteiger charge is -2.11. The quantitative estimate of drug-likeness (QED) is 0.595. The van der Waals surface area contributed by atoms with E-state index in [2.05, 4.69) is 63.4 Å². The maximum atomic E-state index is 3.46. The van der Waals surface area contributed by atoms with Gasteiger partial charge in [-0.2, -0.15) is 0 Å². The summed E-state index contributed by atoms with van der Waals surface area (Å²) in [7, 11) is 0. The molecule has 0 fully saturated rings. The molecule has 1 aromatic rings. The van der Waals surface area contributed by atoms with Crippen molar-refractivity contribution in [1.82, 2.24) is 5.32 Å². The van der Waals surface area contributed by atoms with Gasteiger partial charge in [-0.25, -0.2) is 0 Å². The van der Waals surface area contributed by atoms with Gasteiger partial charge in [-0.05, 0) is 48.9 Å². The molecule has 1 rings (SSSR count). The van der Waals surface area contributed by atoms with Crippen molar-refractivity contribution in [1.29, 1.82) is 0 Å². The van der Waals surface area contributed by atoms with Gasteiger partial charge in [0.1, 0.15) is 0 Å². The highest BCUT2D eigenvalue weighted by Crippen LogP contribution is 2.22. The zero-order valence-corrected chi connectivity index (χ0v) is 13.7. The molecule has 0 bridgehead atoms. The average molecular weight is 273 g/mol. The van der Waals surface area contributed by atoms with Gasteiger partial charge in [-0.15, -0.1) is 0 Å². The minimum absolute atomic E-state index is 0.675. The van der Waals surface area contributed by atoms with Crippen LogP contribution in [0.15, 0.2) is 30.3 Å². The van der Waals surface area contributed by atoms with Crippen molar-refractivity contribution in [2.75, 3.05) is 13.1 Å². The Bertz CT molecular complexity index is 389. The first-order chi connectivity index (χ1) is 9.69. The fourth-order valence-electron chi connectivity index (χ4n) is 2.42. The van der Waals surface area contributed by atoms with E-state index in [0.29, 0.717) is 5.92 Å². The normalized spacial score (nSPS) is 13.5. The number of nitrogens with one attached hydrogen (secondary N) is 1. The molecular weight excluding hydrogens is 242 g/mol. The Balaban J connectivity index is 2.52. The van der Waals surface area contributed by atoms with Crippen molar-refractivity contribution in [2.45, 2.75) is 59.3 Å². The summed E-state index contributed by atoms with van der Waals surface area (Å²) in [6.07, 6.45) is 7.34. The van der Waals surface area contributed by atoms with Crippen molar-refractivity contribution in [3.05, 3.63) is 41.5 Å². The Hall–Kier alpha value is -1.08. The molecule has 1 unspecified atom stereocenters. The van der Waals surface area contributed by atoms with Crippen LogP contribution in [0.2, 0.25) is 0 Å². The predicted octanol–water partition coefficient (Wildman–Crippen LogP) is 5.38. The average Bonchev–Trinajstić information content (AvgIpc) is 2.47. The van der Waals surface area contributed by atoms with Crippen LogP contribution in [0.1, 0.15) is 70.4 Å². The molecule has 20 heavy (non-hydrogen) atoms. The molecule has 0 aromatic heterocycles. The lowest BCUT2D eigenvalue weighted by Crippen LogP contribution is -2.14. The number of rotatable bonds is 9.